The molecular weight excluding hydrogens is 737 g/mol. The predicted octanol–water partition coefficient (Wildman–Crippen LogP) is 7.90. The normalized spacial score (nSPS) is 12.5. The number of carbonyl (C=O) groups excluding carboxylic acids is 2. The van der Waals surface area contributed by atoms with Crippen molar-refractivity contribution in [3.8, 4) is 5.75 Å². The fourth-order valence-electron chi connectivity index (χ4n) is 4.97. The number of amides is 2. The van der Waals surface area contributed by atoms with Crippen LogP contribution >= 0.6 is 39.1 Å². The molecule has 2 atom stereocenters. The molecule has 0 aliphatic heterocycles. The minimum atomic E-state index is -4.25. The first-order chi connectivity index (χ1) is 22.9. The van der Waals surface area contributed by atoms with Crippen LogP contribution in [0.25, 0.3) is 0 Å². The van der Waals surface area contributed by atoms with Gasteiger partial charge in [0.25, 0.3) is 10.0 Å². The molecule has 0 aromatic heterocycles. The number of sulfonamides is 1. The van der Waals surface area contributed by atoms with Gasteiger partial charge in [-0.2, -0.15) is 0 Å². The van der Waals surface area contributed by atoms with Gasteiger partial charge in [-0.3, -0.25) is 13.9 Å². The number of anilines is 1. The van der Waals surface area contributed by atoms with Crippen LogP contribution in [0.2, 0.25) is 10.0 Å². The number of hydrogen-bond acceptors (Lipinski definition) is 5. The average molecular weight is 776 g/mol. The molecule has 1 N–H and O–H groups in total. The number of rotatable bonds is 15. The van der Waals surface area contributed by atoms with Crippen molar-refractivity contribution in [2.45, 2.75) is 57.1 Å². The number of benzene rings is 4. The molecule has 0 aliphatic carbocycles. The van der Waals surface area contributed by atoms with Crippen LogP contribution < -0.4 is 14.4 Å². The molecule has 0 bridgehead atoms. The molecule has 0 aliphatic rings. The van der Waals surface area contributed by atoms with Crippen molar-refractivity contribution < 1.29 is 22.7 Å². The van der Waals surface area contributed by atoms with Crippen LogP contribution in [0.1, 0.15) is 38.3 Å². The number of halogens is 3. The molecule has 4 aromatic carbocycles. The Morgan fingerprint density at radius 1 is 0.875 bits per heavy atom. The number of ether oxygens (including phenoxy) is 1. The van der Waals surface area contributed by atoms with Crippen LogP contribution in [-0.2, 0) is 32.6 Å². The van der Waals surface area contributed by atoms with Crippen LogP contribution in [0.15, 0.2) is 106 Å². The largest absolute Gasteiger partial charge is 0.494 e. The van der Waals surface area contributed by atoms with Crippen LogP contribution in [0.5, 0.6) is 5.75 Å². The van der Waals surface area contributed by atoms with Crippen LogP contribution in [-0.4, -0.2) is 50.4 Å². The monoisotopic (exact) mass is 773 g/mol. The summed E-state index contributed by atoms with van der Waals surface area (Å²) in [6.07, 6.45) is 0.875. The molecule has 254 valence electrons. The zero-order valence-electron chi connectivity index (χ0n) is 26.9. The summed E-state index contributed by atoms with van der Waals surface area (Å²) in [5.74, 6) is -0.389. The zero-order chi connectivity index (χ0) is 34.8. The first-order valence-corrected chi connectivity index (χ1v) is 18.5. The van der Waals surface area contributed by atoms with E-state index in [1.165, 1.54) is 17.0 Å². The van der Waals surface area contributed by atoms with Gasteiger partial charge in [0.05, 0.1) is 27.2 Å². The molecule has 0 fully saturated rings. The second-order valence-corrected chi connectivity index (χ2v) is 14.8. The average Bonchev–Trinajstić information content (AvgIpc) is 3.07. The molecular formula is C36H38BrCl2N3O5S. The van der Waals surface area contributed by atoms with Gasteiger partial charge in [0, 0.05) is 23.5 Å². The van der Waals surface area contributed by atoms with Crippen molar-refractivity contribution in [1.29, 1.82) is 0 Å². The Morgan fingerprint density at radius 3 is 2.15 bits per heavy atom. The van der Waals surface area contributed by atoms with E-state index in [2.05, 4.69) is 21.2 Å². The van der Waals surface area contributed by atoms with Gasteiger partial charge in [0.2, 0.25) is 11.8 Å². The number of carbonyl (C=O) groups is 2. The lowest BCUT2D eigenvalue weighted by molar-refractivity contribution is -0.140. The first-order valence-electron chi connectivity index (χ1n) is 15.5. The van der Waals surface area contributed by atoms with Gasteiger partial charge < -0.3 is 15.0 Å². The molecule has 0 radical (unpaired) electrons. The summed E-state index contributed by atoms with van der Waals surface area (Å²) >= 11 is 15.9. The lowest BCUT2D eigenvalue weighted by atomic mass is 10.0. The first kappa shape index (κ1) is 37.3. The molecule has 12 heteroatoms. The van der Waals surface area contributed by atoms with Crippen molar-refractivity contribution in [2.24, 2.45) is 0 Å². The van der Waals surface area contributed by atoms with E-state index in [-0.39, 0.29) is 35.5 Å². The van der Waals surface area contributed by atoms with E-state index in [9.17, 15) is 18.0 Å². The lowest BCUT2D eigenvalue weighted by Gasteiger charge is -2.34. The predicted molar refractivity (Wildman–Crippen MR) is 195 cm³/mol. The van der Waals surface area contributed by atoms with Crippen molar-refractivity contribution in [3.63, 3.8) is 0 Å². The molecule has 4 rings (SSSR count). The molecule has 48 heavy (non-hydrogen) atoms. The van der Waals surface area contributed by atoms with Crippen LogP contribution in [0.3, 0.4) is 0 Å². The van der Waals surface area contributed by atoms with E-state index in [0.29, 0.717) is 38.9 Å². The van der Waals surface area contributed by atoms with Gasteiger partial charge in [0.1, 0.15) is 18.3 Å². The molecule has 0 unspecified atom stereocenters. The molecule has 0 saturated heterocycles. The fraction of sp³-hybridized carbons (Fsp3) is 0.278. The summed E-state index contributed by atoms with van der Waals surface area (Å²) in [5.41, 5.74) is 1.71. The lowest BCUT2D eigenvalue weighted by Crippen LogP contribution is -2.54. The topological polar surface area (TPSA) is 96.0 Å². The Morgan fingerprint density at radius 2 is 1.54 bits per heavy atom. The second kappa shape index (κ2) is 17.2. The third-order valence-corrected chi connectivity index (χ3v) is 10.8. The Kier molecular flexibility index (Phi) is 13.3. The van der Waals surface area contributed by atoms with Crippen LogP contribution in [0, 0.1) is 0 Å². The quantitative estimate of drug-likeness (QED) is 0.133. The van der Waals surface area contributed by atoms with Gasteiger partial charge in [-0.05, 0) is 92.1 Å². The summed E-state index contributed by atoms with van der Waals surface area (Å²) in [5, 5.41) is 3.66. The molecule has 8 nitrogen and oxygen atoms in total. The third-order valence-electron chi connectivity index (χ3n) is 7.73. The summed E-state index contributed by atoms with van der Waals surface area (Å²) in [6, 6.07) is 25.9. The van der Waals surface area contributed by atoms with Crippen molar-refractivity contribution >= 4 is 66.7 Å². The second-order valence-electron chi connectivity index (χ2n) is 11.2. The van der Waals surface area contributed by atoms with E-state index in [1.54, 1.807) is 54.6 Å². The highest BCUT2D eigenvalue weighted by Crippen LogP contribution is 2.29. The van der Waals surface area contributed by atoms with Gasteiger partial charge in [-0.25, -0.2) is 8.42 Å². The highest BCUT2D eigenvalue weighted by molar-refractivity contribution is 9.10. The number of hydrogen-bond donors (Lipinski definition) is 1. The SMILES string of the molecule is CCOc1ccc(N(CC(=O)N(Cc2ccc(Cl)c(Cl)c2)[C@H](Cc2ccccc2)C(=O)N[C@@H](C)CC)S(=O)(=O)c2ccc(Br)cc2)cc1. The van der Waals surface area contributed by atoms with Gasteiger partial charge in [-0.15, -0.1) is 0 Å². The standard InChI is InChI=1S/C36H38BrCl2N3O5S/c1-4-25(3)40-36(44)34(22-26-9-7-6-8-10-26)41(23-27-11-20-32(38)33(39)21-27)35(43)24-42(29-14-16-30(17-15-29)47-5-2)48(45,46)31-18-12-28(37)13-19-31/h6-21,25,34H,4-5,22-24H2,1-3H3,(H,40,44)/t25-,34+/m0/s1. The van der Waals surface area contributed by atoms with Crippen LogP contribution in [0.4, 0.5) is 5.69 Å². The van der Waals surface area contributed by atoms with E-state index in [1.807, 2.05) is 51.1 Å². The minimum Gasteiger partial charge on any atom is -0.494 e. The van der Waals surface area contributed by atoms with Gasteiger partial charge in [0.15, 0.2) is 0 Å². The Bertz CT molecular complexity index is 1790. The summed E-state index contributed by atoms with van der Waals surface area (Å²) < 4.78 is 35.8. The van der Waals surface area contributed by atoms with Crippen molar-refractivity contribution in [3.05, 3.63) is 123 Å². The van der Waals surface area contributed by atoms with E-state index >= 15 is 0 Å². The highest BCUT2D eigenvalue weighted by Gasteiger charge is 2.35. The summed E-state index contributed by atoms with van der Waals surface area (Å²) in [6.45, 7) is 5.51. The minimum absolute atomic E-state index is 0.00114. The molecule has 2 amide bonds. The smallest absolute Gasteiger partial charge is 0.264 e. The van der Waals surface area contributed by atoms with Crippen molar-refractivity contribution in [2.75, 3.05) is 17.5 Å². The number of nitrogens with zero attached hydrogens (tertiary/aromatic N) is 2. The number of nitrogens with one attached hydrogen (secondary N) is 1. The van der Waals surface area contributed by atoms with E-state index in [0.717, 1.165) is 9.87 Å². The molecule has 4 aromatic rings. The fourth-order valence-corrected chi connectivity index (χ4v) is 6.97. The Balaban J connectivity index is 1.82. The maximum Gasteiger partial charge on any atom is 0.264 e. The summed E-state index contributed by atoms with van der Waals surface area (Å²) in [4.78, 5) is 30.0. The van der Waals surface area contributed by atoms with E-state index < -0.39 is 28.5 Å². The third kappa shape index (κ3) is 9.75. The van der Waals surface area contributed by atoms with Gasteiger partial charge >= 0.3 is 0 Å². The summed E-state index contributed by atoms with van der Waals surface area (Å²) in [7, 11) is -4.25. The maximum atomic E-state index is 14.6. The molecule has 0 heterocycles. The van der Waals surface area contributed by atoms with Crippen molar-refractivity contribution in [1.82, 2.24) is 10.2 Å². The maximum absolute atomic E-state index is 14.6. The Labute approximate surface area is 301 Å². The molecule has 0 spiro atoms. The zero-order valence-corrected chi connectivity index (χ0v) is 30.8. The Hall–Kier alpha value is -3.57. The van der Waals surface area contributed by atoms with Gasteiger partial charge in [-0.1, -0.05) is 82.5 Å². The van der Waals surface area contributed by atoms with E-state index in [4.69, 9.17) is 27.9 Å². The molecule has 0 saturated carbocycles. The highest BCUT2D eigenvalue weighted by atomic mass is 79.9.